The minimum absolute atomic E-state index is 0.146. The van der Waals surface area contributed by atoms with Crippen LogP contribution in [0.2, 0.25) is 0 Å². The molecule has 0 saturated heterocycles. The Morgan fingerprint density at radius 2 is 1.65 bits per heavy atom. The highest BCUT2D eigenvalue weighted by Crippen LogP contribution is 2.29. The van der Waals surface area contributed by atoms with Crippen LogP contribution in [0.25, 0.3) is 10.8 Å². The third-order valence-electron chi connectivity index (χ3n) is 3.40. The van der Waals surface area contributed by atoms with E-state index in [1.54, 1.807) is 54.6 Å². The maximum absolute atomic E-state index is 11.5. The summed E-state index contributed by atoms with van der Waals surface area (Å²) in [7, 11) is -4.30. The van der Waals surface area contributed by atoms with Gasteiger partial charge >= 0.3 is 0 Å². The van der Waals surface area contributed by atoms with Crippen molar-refractivity contribution in [3.05, 3.63) is 60.7 Å². The molecule has 0 bridgehead atoms. The van der Waals surface area contributed by atoms with Gasteiger partial charge in [-0.15, -0.1) is 0 Å². The summed E-state index contributed by atoms with van der Waals surface area (Å²) < 4.78 is 32.2. The predicted octanol–water partition coefficient (Wildman–Crippen LogP) is 2.34. The zero-order chi connectivity index (χ0) is 16.4. The van der Waals surface area contributed by atoms with Crippen molar-refractivity contribution < 1.29 is 18.1 Å². The van der Waals surface area contributed by atoms with Crippen molar-refractivity contribution in [3.63, 3.8) is 0 Å². The molecule has 0 amide bonds. The number of nitrogens with one attached hydrogen (secondary N) is 1. The van der Waals surface area contributed by atoms with Gasteiger partial charge in [0, 0.05) is 10.8 Å². The van der Waals surface area contributed by atoms with Crippen LogP contribution < -0.4 is 5.43 Å². The van der Waals surface area contributed by atoms with Crippen LogP contribution in [0.4, 0.5) is 5.69 Å². The summed E-state index contributed by atoms with van der Waals surface area (Å²) in [5.41, 5.74) is 4.11. The average Bonchev–Trinajstić information content (AvgIpc) is 2.53. The molecule has 0 aromatic heterocycles. The fourth-order valence-corrected chi connectivity index (χ4v) is 3.00. The Bertz CT molecular complexity index is 930. The molecule has 2 aromatic rings. The second-order valence-electron chi connectivity index (χ2n) is 4.99. The van der Waals surface area contributed by atoms with E-state index in [2.05, 4.69) is 10.5 Å². The number of hydrogen-bond donors (Lipinski definition) is 3. The molecule has 0 unspecified atom stereocenters. The van der Waals surface area contributed by atoms with Crippen LogP contribution in [0, 0.1) is 0 Å². The minimum atomic E-state index is -4.30. The van der Waals surface area contributed by atoms with E-state index in [4.69, 9.17) is 0 Å². The highest BCUT2D eigenvalue weighted by atomic mass is 32.2. The van der Waals surface area contributed by atoms with Crippen LogP contribution in [0.1, 0.15) is 0 Å². The summed E-state index contributed by atoms with van der Waals surface area (Å²) in [6, 6.07) is 9.69. The van der Waals surface area contributed by atoms with Gasteiger partial charge in [-0.2, -0.15) is 13.5 Å². The number of anilines is 1. The molecule has 0 heterocycles. The Kier molecular flexibility index (Phi) is 3.99. The van der Waals surface area contributed by atoms with Gasteiger partial charge in [0.2, 0.25) is 0 Å². The van der Waals surface area contributed by atoms with Gasteiger partial charge in [-0.25, -0.2) is 0 Å². The summed E-state index contributed by atoms with van der Waals surface area (Å²) in [5, 5.41) is 14.6. The molecule has 1 aliphatic carbocycles. The zero-order valence-corrected chi connectivity index (χ0v) is 12.7. The molecule has 2 aromatic carbocycles. The van der Waals surface area contributed by atoms with Crippen molar-refractivity contribution in [3.8, 4) is 0 Å². The van der Waals surface area contributed by atoms with Crippen molar-refractivity contribution in [2.24, 2.45) is 5.10 Å². The van der Waals surface area contributed by atoms with Gasteiger partial charge in [-0.1, -0.05) is 36.4 Å². The second kappa shape index (κ2) is 5.96. The maximum atomic E-state index is 11.5. The van der Waals surface area contributed by atoms with Gasteiger partial charge in [0.05, 0.1) is 17.5 Å². The zero-order valence-electron chi connectivity index (χ0n) is 11.9. The topological polar surface area (TPSA) is 99.0 Å². The Labute approximate surface area is 133 Å². The normalized spacial score (nSPS) is 17.5. The number of benzene rings is 2. The lowest BCUT2D eigenvalue weighted by Crippen LogP contribution is -2.06. The van der Waals surface area contributed by atoms with E-state index in [9.17, 15) is 18.1 Å². The Morgan fingerprint density at radius 3 is 2.30 bits per heavy atom. The molecule has 0 saturated carbocycles. The standard InChI is InChI=1S/C16H14N2O4S/c19-12-7-5-11(6-8-12)17-18-15-9-10-16(23(20,21)22)14-4-2-1-3-13(14)15/h1-10,12,18-19H,(H,20,21,22). The van der Waals surface area contributed by atoms with E-state index in [0.29, 0.717) is 22.2 Å². The summed E-state index contributed by atoms with van der Waals surface area (Å²) in [6.45, 7) is 0. The van der Waals surface area contributed by atoms with Gasteiger partial charge in [0.1, 0.15) is 4.90 Å². The molecular weight excluding hydrogens is 316 g/mol. The number of hydrazone groups is 1. The summed E-state index contributed by atoms with van der Waals surface area (Å²) in [5.74, 6) is 0. The highest BCUT2D eigenvalue weighted by Gasteiger charge is 2.15. The molecule has 0 fully saturated rings. The van der Waals surface area contributed by atoms with Crippen LogP contribution in [0.15, 0.2) is 70.7 Å². The SMILES string of the molecule is O=S(=O)(O)c1ccc(NN=C2C=CC(O)C=C2)c2ccccc12. The lowest BCUT2D eigenvalue weighted by atomic mass is 10.1. The van der Waals surface area contributed by atoms with E-state index in [1.807, 2.05) is 0 Å². The third kappa shape index (κ3) is 3.31. The number of aliphatic hydroxyl groups excluding tert-OH is 1. The molecule has 1 aliphatic rings. The molecule has 3 N–H and O–H groups in total. The van der Waals surface area contributed by atoms with E-state index in [1.165, 1.54) is 6.07 Å². The predicted molar refractivity (Wildman–Crippen MR) is 89.1 cm³/mol. The molecule has 23 heavy (non-hydrogen) atoms. The quantitative estimate of drug-likeness (QED) is 0.592. The average molecular weight is 330 g/mol. The van der Waals surface area contributed by atoms with Crippen molar-refractivity contribution in [2.75, 3.05) is 5.43 Å². The number of aliphatic hydroxyl groups is 1. The summed E-state index contributed by atoms with van der Waals surface area (Å²) in [4.78, 5) is -0.146. The van der Waals surface area contributed by atoms with Gasteiger partial charge in [0.15, 0.2) is 0 Å². The first-order chi connectivity index (χ1) is 10.9. The Morgan fingerprint density at radius 1 is 1.00 bits per heavy atom. The van der Waals surface area contributed by atoms with E-state index >= 15 is 0 Å². The largest absolute Gasteiger partial charge is 0.385 e. The number of nitrogens with zero attached hydrogens (tertiary/aromatic N) is 1. The van der Waals surface area contributed by atoms with Crippen LogP contribution in [-0.4, -0.2) is 29.9 Å². The molecule has 118 valence electrons. The smallest absolute Gasteiger partial charge is 0.295 e. The third-order valence-corrected chi connectivity index (χ3v) is 4.31. The van der Waals surface area contributed by atoms with Crippen LogP contribution in [-0.2, 0) is 10.1 Å². The molecule has 6 nitrogen and oxygen atoms in total. The Balaban J connectivity index is 2.02. The van der Waals surface area contributed by atoms with Crippen LogP contribution in [0.3, 0.4) is 0 Å². The van der Waals surface area contributed by atoms with E-state index in [0.717, 1.165) is 0 Å². The van der Waals surface area contributed by atoms with E-state index in [-0.39, 0.29) is 4.90 Å². The van der Waals surface area contributed by atoms with Gasteiger partial charge in [-0.3, -0.25) is 9.98 Å². The molecule has 0 radical (unpaired) electrons. The molecule has 7 heteroatoms. The van der Waals surface area contributed by atoms with Crippen molar-refractivity contribution >= 4 is 32.3 Å². The van der Waals surface area contributed by atoms with Crippen molar-refractivity contribution in [1.82, 2.24) is 0 Å². The molecule has 0 atom stereocenters. The molecular formula is C16H14N2O4S. The molecule has 0 spiro atoms. The molecule has 3 rings (SSSR count). The van der Waals surface area contributed by atoms with Crippen LogP contribution in [0.5, 0.6) is 0 Å². The van der Waals surface area contributed by atoms with Crippen LogP contribution >= 0.6 is 0 Å². The highest BCUT2D eigenvalue weighted by molar-refractivity contribution is 7.86. The fourth-order valence-electron chi connectivity index (χ4n) is 2.31. The van der Waals surface area contributed by atoms with Crippen molar-refractivity contribution in [2.45, 2.75) is 11.0 Å². The molecule has 0 aliphatic heterocycles. The van der Waals surface area contributed by atoms with Gasteiger partial charge < -0.3 is 5.11 Å². The Hall–Kier alpha value is -2.48. The number of fused-ring (bicyclic) bond motifs is 1. The number of hydrogen-bond acceptors (Lipinski definition) is 5. The van der Waals surface area contributed by atoms with Gasteiger partial charge in [-0.05, 0) is 24.3 Å². The maximum Gasteiger partial charge on any atom is 0.295 e. The second-order valence-corrected chi connectivity index (χ2v) is 6.38. The minimum Gasteiger partial charge on any atom is -0.385 e. The number of rotatable bonds is 3. The van der Waals surface area contributed by atoms with Gasteiger partial charge in [0.25, 0.3) is 10.1 Å². The summed E-state index contributed by atoms with van der Waals surface area (Å²) in [6.07, 6.45) is 5.93. The van der Waals surface area contributed by atoms with E-state index < -0.39 is 16.2 Å². The first-order valence-corrected chi connectivity index (χ1v) is 8.26. The first-order valence-electron chi connectivity index (χ1n) is 6.82. The fraction of sp³-hybridized carbons (Fsp3) is 0.0625. The first kappa shape index (κ1) is 15.4. The monoisotopic (exact) mass is 330 g/mol. The number of allylic oxidation sites excluding steroid dienone is 2. The van der Waals surface area contributed by atoms with Crippen molar-refractivity contribution in [1.29, 1.82) is 0 Å². The lowest BCUT2D eigenvalue weighted by molar-refractivity contribution is 0.271. The lowest BCUT2D eigenvalue weighted by Gasteiger charge is -2.10. The summed E-state index contributed by atoms with van der Waals surface area (Å²) >= 11 is 0.